The van der Waals surface area contributed by atoms with Crippen LogP contribution in [0.3, 0.4) is 0 Å². The predicted molar refractivity (Wildman–Crippen MR) is 52.5 cm³/mol. The molecule has 4 nitrogen and oxygen atoms in total. The number of hydrogen-bond acceptors (Lipinski definition) is 4. The predicted octanol–water partition coefficient (Wildman–Crippen LogP) is 2.05. The highest BCUT2D eigenvalue weighted by atomic mass is 127. The summed E-state index contributed by atoms with van der Waals surface area (Å²) in [6, 6.07) is 0.786. The fourth-order valence-electron chi connectivity index (χ4n) is 0.615. The molecule has 1 aromatic rings. The molecule has 16 heavy (non-hydrogen) atoms. The fraction of sp³-hybridized carbons (Fsp3) is 0.167. The van der Waals surface area contributed by atoms with Crippen molar-refractivity contribution >= 4 is 32.7 Å². The average Bonchev–Trinajstić information content (AvgIpc) is 2.08. The summed E-state index contributed by atoms with van der Waals surface area (Å²) >= 11 is 1.39. The quantitative estimate of drug-likeness (QED) is 0.346. The van der Waals surface area contributed by atoms with Crippen LogP contribution in [0.25, 0.3) is 0 Å². The van der Waals surface area contributed by atoms with E-state index in [9.17, 15) is 26.0 Å². The highest BCUT2D eigenvalue weighted by Crippen LogP contribution is 2.28. The van der Waals surface area contributed by atoms with E-state index in [1.165, 1.54) is 22.6 Å². The molecule has 1 rings (SSSR count). The van der Waals surface area contributed by atoms with Gasteiger partial charge in [-0.2, -0.15) is 21.6 Å². The van der Waals surface area contributed by atoms with Gasteiger partial charge in [0.2, 0.25) is 5.88 Å². The fourth-order valence-corrected chi connectivity index (χ4v) is 1.75. The van der Waals surface area contributed by atoms with Gasteiger partial charge in [-0.25, -0.2) is 9.37 Å². The number of aromatic nitrogens is 1. The van der Waals surface area contributed by atoms with Crippen molar-refractivity contribution < 1.29 is 30.2 Å². The topological polar surface area (TPSA) is 56.3 Å². The molecule has 0 aliphatic carbocycles. The second-order valence-electron chi connectivity index (χ2n) is 2.42. The zero-order valence-electron chi connectivity index (χ0n) is 7.12. The van der Waals surface area contributed by atoms with Crippen LogP contribution in [0.2, 0.25) is 0 Å². The molecule has 0 aliphatic rings. The molecule has 0 bridgehead atoms. The van der Waals surface area contributed by atoms with Crippen molar-refractivity contribution in [3.63, 3.8) is 0 Å². The van der Waals surface area contributed by atoms with Crippen LogP contribution >= 0.6 is 22.6 Å². The van der Waals surface area contributed by atoms with Gasteiger partial charge in [-0.15, -0.1) is 0 Å². The van der Waals surface area contributed by atoms with Crippen molar-refractivity contribution in [1.29, 1.82) is 0 Å². The largest absolute Gasteiger partial charge is 0.534 e. The van der Waals surface area contributed by atoms with Crippen molar-refractivity contribution in [2.45, 2.75) is 5.51 Å². The van der Waals surface area contributed by atoms with E-state index in [2.05, 4.69) is 9.17 Å². The molecule has 10 heteroatoms. The number of halogens is 5. The normalized spacial score (nSPS) is 12.6. The first kappa shape index (κ1) is 13.4. The Hall–Kier alpha value is -0.650. The first-order chi connectivity index (χ1) is 7.13. The summed E-state index contributed by atoms with van der Waals surface area (Å²) in [6.07, 6.45) is 0.545. The van der Waals surface area contributed by atoms with Crippen molar-refractivity contribution in [3.05, 3.63) is 21.7 Å². The lowest BCUT2D eigenvalue weighted by Gasteiger charge is -2.09. The Morgan fingerprint density at radius 3 is 2.38 bits per heavy atom. The highest BCUT2D eigenvalue weighted by Gasteiger charge is 2.49. The second kappa shape index (κ2) is 4.31. The molecule has 0 fully saturated rings. The molecule has 0 spiro atoms. The first-order valence-corrected chi connectivity index (χ1v) is 5.94. The van der Waals surface area contributed by atoms with Crippen LogP contribution in [-0.4, -0.2) is 18.9 Å². The van der Waals surface area contributed by atoms with E-state index in [4.69, 9.17) is 0 Å². The third-order valence-corrected chi connectivity index (χ3v) is 2.96. The maximum Gasteiger partial charge on any atom is 0.534 e. The summed E-state index contributed by atoms with van der Waals surface area (Å²) in [6.45, 7) is 0. The molecular formula is C6H2F4INO3S. The standard InChI is InChI=1S/C6H2F4INO3S/c7-3-1-4(11)5(12-2-3)15-16(13,14)6(8,9)10/h1-2H. The van der Waals surface area contributed by atoms with E-state index >= 15 is 0 Å². The summed E-state index contributed by atoms with van der Waals surface area (Å²) in [5.41, 5.74) is -5.55. The van der Waals surface area contributed by atoms with Gasteiger partial charge in [0.05, 0.1) is 9.77 Å². The van der Waals surface area contributed by atoms with Crippen LogP contribution in [0.5, 0.6) is 5.88 Å². The van der Waals surface area contributed by atoms with Gasteiger partial charge in [0, 0.05) is 0 Å². The van der Waals surface area contributed by atoms with Crippen LogP contribution in [0.15, 0.2) is 12.3 Å². The minimum absolute atomic E-state index is 0.189. The SMILES string of the molecule is O=S(=O)(Oc1ncc(F)cc1I)C(F)(F)F. The molecule has 0 saturated carbocycles. The zero-order chi connectivity index (χ0) is 12.6. The van der Waals surface area contributed by atoms with Crippen molar-refractivity contribution in [2.24, 2.45) is 0 Å². The summed E-state index contributed by atoms with van der Waals surface area (Å²) in [5.74, 6) is -1.64. The highest BCUT2D eigenvalue weighted by molar-refractivity contribution is 14.1. The molecule has 1 aromatic heterocycles. The Morgan fingerprint density at radius 2 is 1.94 bits per heavy atom. The summed E-state index contributed by atoms with van der Waals surface area (Å²) in [4.78, 5) is 3.09. The molecule has 0 unspecified atom stereocenters. The minimum atomic E-state index is -5.78. The molecule has 0 radical (unpaired) electrons. The Kier molecular flexibility index (Phi) is 3.62. The van der Waals surface area contributed by atoms with Crippen molar-refractivity contribution in [1.82, 2.24) is 4.98 Å². The molecule has 90 valence electrons. The number of pyridine rings is 1. The summed E-state index contributed by atoms with van der Waals surface area (Å²) < 4.78 is 72.9. The van der Waals surface area contributed by atoms with Gasteiger partial charge < -0.3 is 4.18 Å². The summed E-state index contributed by atoms with van der Waals surface area (Å²) in [5, 5.41) is 0. The molecule has 0 saturated heterocycles. The number of alkyl halides is 3. The summed E-state index contributed by atoms with van der Waals surface area (Å²) in [7, 11) is -5.78. The van der Waals surface area contributed by atoms with Crippen molar-refractivity contribution in [2.75, 3.05) is 0 Å². The molecule has 0 aliphatic heterocycles. The van der Waals surface area contributed by atoms with E-state index in [-0.39, 0.29) is 3.57 Å². The van der Waals surface area contributed by atoms with Gasteiger partial charge in [0.25, 0.3) is 0 Å². The second-order valence-corrected chi connectivity index (χ2v) is 5.12. The lowest BCUT2D eigenvalue weighted by molar-refractivity contribution is -0.0501. The van der Waals surface area contributed by atoms with Crippen LogP contribution in [0.4, 0.5) is 17.6 Å². The van der Waals surface area contributed by atoms with Crippen LogP contribution in [-0.2, 0) is 10.1 Å². The molecule has 0 amide bonds. The Morgan fingerprint density at radius 1 is 1.38 bits per heavy atom. The molecule has 0 atom stereocenters. The van der Waals surface area contributed by atoms with Crippen LogP contribution < -0.4 is 4.18 Å². The molecular weight excluding hydrogens is 369 g/mol. The Balaban J connectivity index is 3.07. The lowest BCUT2D eigenvalue weighted by Crippen LogP contribution is -2.28. The maximum atomic E-state index is 12.5. The lowest BCUT2D eigenvalue weighted by atomic mass is 10.5. The molecule has 1 heterocycles. The Labute approximate surface area is 101 Å². The van der Waals surface area contributed by atoms with Crippen molar-refractivity contribution in [3.8, 4) is 5.88 Å². The van der Waals surface area contributed by atoms with Gasteiger partial charge in [0.1, 0.15) is 5.82 Å². The van der Waals surface area contributed by atoms with Gasteiger partial charge in [-0.3, -0.25) is 0 Å². The smallest absolute Gasteiger partial charge is 0.354 e. The van der Waals surface area contributed by atoms with Gasteiger partial charge >= 0.3 is 15.6 Å². The zero-order valence-corrected chi connectivity index (χ0v) is 10.1. The molecule has 0 aromatic carbocycles. The maximum absolute atomic E-state index is 12.5. The van der Waals surface area contributed by atoms with E-state index in [1.54, 1.807) is 0 Å². The minimum Gasteiger partial charge on any atom is -0.354 e. The Bertz CT molecular complexity index is 501. The third-order valence-electron chi connectivity index (χ3n) is 1.25. The van der Waals surface area contributed by atoms with Crippen LogP contribution in [0.1, 0.15) is 0 Å². The number of rotatable bonds is 2. The van der Waals surface area contributed by atoms with Gasteiger partial charge in [0.15, 0.2) is 0 Å². The van der Waals surface area contributed by atoms with Gasteiger partial charge in [-0.05, 0) is 28.7 Å². The van der Waals surface area contributed by atoms with E-state index in [0.717, 1.165) is 6.07 Å². The molecule has 0 N–H and O–H groups in total. The van der Waals surface area contributed by atoms with E-state index < -0.39 is 27.3 Å². The first-order valence-electron chi connectivity index (χ1n) is 3.45. The average molecular weight is 371 g/mol. The van der Waals surface area contributed by atoms with Crippen LogP contribution in [0, 0.1) is 9.39 Å². The number of hydrogen-bond donors (Lipinski definition) is 0. The third kappa shape index (κ3) is 2.93. The van der Waals surface area contributed by atoms with E-state index in [0.29, 0.717) is 6.20 Å². The monoisotopic (exact) mass is 371 g/mol. The number of nitrogens with zero attached hydrogens (tertiary/aromatic N) is 1. The van der Waals surface area contributed by atoms with E-state index in [1.807, 2.05) is 0 Å². The van der Waals surface area contributed by atoms with Gasteiger partial charge in [-0.1, -0.05) is 0 Å².